The lowest BCUT2D eigenvalue weighted by atomic mass is 10.2. The molecule has 2 aromatic heterocycles. The Morgan fingerprint density at radius 3 is 2.86 bits per heavy atom. The van der Waals surface area contributed by atoms with Gasteiger partial charge in [0, 0.05) is 25.0 Å². The van der Waals surface area contributed by atoms with Crippen molar-refractivity contribution in [1.82, 2.24) is 24.9 Å². The van der Waals surface area contributed by atoms with Gasteiger partial charge in [-0.1, -0.05) is 12.1 Å². The van der Waals surface area contributed by atoms with Gasteiger partial charge in [0.1, 0.15) is 5.69 Å². The number of para-hydroxylation sites is 2. The molecule has 0 fully saturated rings. The Morgan fingerprint density at radius 1 is 1.32 bits per heavy atom. The molecule has 10 nitrogen and oxygen atoms in total. The van der Waals surface area contributed by atoms with Crippen molar-refractivity contribution in [2.45, 2.75) is 33.2 Å². The molecule has 1 aromatic carbocycles. The second-order valence-corrected chi connectivity index (χ2v) is 6.01. The van der Waals surface area contributed by atoms with Gasteiger partial charge in [0.2, 0.25) is 0 Å². The molecule has 3 aromatic rings. The van der Waals surface area contributed by atoms with Crippen LogP contribution in [0.2, 0.25) is 0 Å². The van der Waals surface area contributed by atoms with Crippen molar-refractivity contribution < 1.29 is 14.5 Å². The van der Waals surface area contributed by atoms with E-state index >= 15 is 0 Å². The van der Waals surface area contributed by atoms with Gasteiger partial charge in [0.25, 0.3) is 5.91 Å². The first-order valence-corrected chi connectivity index (χ1v) is 8.71. The number of nitrogens with zero attached hydrogens (tertiary/aromatic N) is 5. The van der Waals surface area contributed by atoms with Crippen LogP contribution in [0.15, 0.2) is 48.8 Å². The van der Waals surface area contributed by atoms with Gasteiger partial charge in [0.05, 0.1) is 16.7 Å². The zero-order chi connectivity index (χ0) is 20.1. The maximum atomic E-state index is 12.4. The average molecular weight is 384 g/mol. The SMILES string of the molecule is CCn1nccc1[C@@H](C)NC(=O)c1ccn(COc2ccccc2[N+](=O)[O-])n1. The number of aromatic nitrogens is 4. The summed E-state index contributed by atoms with van der Waals surface area (Å²) in [5.41, 5.74) is 0.990. The van der Waals surface area contributed by atoms with Crippen molar-refractivity contribution in [3.05, 3.63) is 70.3 Å². The van der Waals surface area contributed by atoms with Crippen LogP contribution in [0.1, 0.15) is 36.1 Å². The summed E-state index contributed by atoms with van der Waals surface area (Å²) in [7, 11) is 0. The second-order valence-electron chi connectivity index (χ2n) is 6.01. The highest BCUT2D eigenvalue weighted by Gasteiger charge is 2.17. The van der Waals surface area contributed by atoms with Crippen LogP contribution in [-0.4, -0.2) is 30.4 Å². The molecule has 0 unspecified atom stereocenters. The molecule has 0 radical (unpaired) electrons. The highest BCUT2D eigenvalue weighted by atomic mass is 16.6. The molecule has 0 spiro atoms. The predicted molar refractivity (Wildman–Crippen MR) is 99.7 cm³/mol. The van der Waals surface area contributed by atoms with Crippen molar-refractivity contribution in [1.29, 1.82) is 0 Å². The van der Waals surface area contributed by atoms with Gasteiger partial charge in [-0.05, 0) is 32.0 Å². The molecular weight excluding hydrogens is 364 g/mol. The third-order valence-electron chi connectivity index (χ3n) is 4.13. The van der Waals surface area contributed by atoms with Gasteiger partial charge in [-0.3, -0.25) is 19.6 Å². The first-order valence-electron chi connectivity index (χ1n) is 8.71. The summed E-state index contributed by atoms with van der Waals surface area (Å²) in [6.45, 7) is 4.50. The van der Waals surface area contributed by atoms with Crippen LogP contribution in [0.4, 0.5) is 5.69 Å². The Morgan fingerprint density at radius 2 is 2.11 bits per heavy atom. The van der Waals surface area contributed by atoms with Gasteiger partial charge in [0.15, 0.2) is 12.5 Å². The van der Waals surface area contributed by atoms with Crippen LogP contribution in [0.3, 0.4) is 0 Å². The lowest BCUT2D eigenvalue weighted by Crippen LogP contribution is -2.28. The van der Waals surface area contributed by atoms with E-state index in [0.29, 0.717) is 6.54 Å². The highest BCUT2D eigenvalue weighted by Crippen LogP contribution is 2.26. The fourth-order valence-corrected chi connectivity index (χ4v) is 2.74. The minimum atomic E-state index is -0.514. The first kappa shape index (κ1) is 19.1. The van der Waals surface area contributed by atoms with Crippen LogP contribution in [0.25, 0.3) is 0 Å². The summed E-state index contributed by atoms with van der Waals surface area (Å²) in [5, 5.41) is 22.3. The molecule has 1 atom stereocenters. The fourth-order valence-electron chi connectivity index (χ4n) is 2.74. The minimum absolute atomic E-state index is 0.0592. The standard InChI is InChI=1S/C18H20N6O4/c1-3-23-15(8-10-19-23)13(2)20-18(25)14-9-11-22(21-14)12-28-17-7-5-4-6-16(17)24(26)27/h4-11,13H,3,12H2,1-2H3,(H,20,25)/t13-/m1/s1. The number of carbonyl (C=O) groups is 1. The van der Waals surface area contributed by atoms with Crippen molar-refractivity contribution >= 4 is 11.6 Å². The van der Waals surface area contributed by atoms with E-state index < -0.39 is 4.92 Å². The molecule has 0 aliphatic heterocycles. The maximum Gasteiger partial charge on any atom is 0.311 e. The normalized spacial score (nSPS) is 11.8. The Bertz CT molecular complexity index is 980. The van der Waals surface area contributed by atoms with Gasteiger partial charge in [-0.25, -0.2) is 4.68 Å². The third kappa shape index (κ3) is 4.17. The fraction of sp³-hybridized carbons (Fsp3) is 0.278. The zero-order valence-corrected chi connectivity index (χ0v) is 15.5. The summed E-state index contributed by atoms with van der Waals surface area (Å²) in [5.74, 6) is -0.198. The molecule has 10 heteroatoms. The molecule has 28 heavy (non-hydrogen) atoms. The van der Waals surface area contributed by atoms with Gasteiger partial charge >= 0.3 is 5.69 Å². The van der Waals surface area contributed by atoms with Crippen LogP contribution in [0.5, 0.6) is 5.75 Å². The van der Waals surface area contributed by atoms with E-state index in [2.05, 4.69) is 15.5 Å². The maximum absolute atomic E-state index is 12.4. The van der Waals surface area contributed by atoms with E-state index in [9.17, 15) is 14.9 Å². The molecule has 0 aliphatic carbocycles. The van der Waals surface area contributed by atoms with Crippen LogP contribution < -0.4 is 10.1 Å². The Balaban J connectivity index is 1.62. The largest absolute Gasteiger partial charge is 0.464 e. The van der Waals surface area contributed by atoms with Gasteiger partial charge in [-0.15, -0.1) is 0 Å². The van der Waals surface area contributed by atoms with Crippen molar-refractivity contribution in [2.75, 3.05) is 0 Å². The van der Waals surface area contributed by atoms with Crippen molar-refractivity contribution in [3.8, 4) is 5.75 Å². The summed E-state index contributed by atoms with van der Waals surface area (Å²) >= 11 is 0. The molecule has 0 aliphatic rings. The van der Waals surface area contributed by atoms with Gasteiger partial charge in [-0.2, -0.15) is 10.2 Å². The minimum Gasteiger partial charge on any atom is -0.464 e. The lowest BCUT2D eigenvalue weighted by molar-refractivity contribution is -0.386. The molecule has 1 amide bonds. The summed E-state index contributed by atoms with van der Waals surface area (Å²) < 4.78 is 8.67. The van der Waals surface area contributed by atoms with E-state index in [1.54, 1.807) is 30.6 Å². The number of amides is 1. The molecule has 0 saturated heterocycles. The number of aryl methyl sites for hydroxylation is 1. The Kier molecular flexibility index (Phi) is 5.68. The molecule has 3 rings (SSSR count). The van der Waals surface area contributed by atoms with Crippen molar-refractivity contribution in [2.24, 2.45) is 0 Å². The number of hydrogen-bond acceptors (Lipinski definition) is 6. The Labute approximate surface area is 160 Å². The van der Waals surface area contributed by atoms with Crippen molar-refractivity contribution in [3.63, 3.8) is 0 Å². The number of hydrogen-bond donors (Lipinski definition) is 1. The van der Waals surface area contributed by atoms with E-state index in [-0.39, 0.29) is 35.8 Å². The zero-order valence-electron chi connectivity index (χ0n) is 15.5. The predicted octanol–water partition coefficient (Wildman–Crippen LogP) is 2.54. The second kappa shape index (κ2) is 8.33. The molecular formula is C18H20N6O4. The molecule has 0 bridgehead atoms. The monoisotopic (exact) mass is 384 g/mol. The number of ether oxygens (including phenoxy) is 1. The number of benzene rings is 1. The lowest BCUT2D eigenvalue weighted by Gasteiger charge is -2.14. The first-order chi connectivity index (χ1) is 13.5. The van der Waals surface area contributed by atoms with E-state index in [0.717, 1.165) is 5.69 Å². The molecule has 1 N–H and O–H groups in total. The molecule has 0 saturated carbocycles. The summed E-state index contributed by atoms with van der Waals surface area (Å²) in [4.78, 5) is 22.9. The topological polar surface area (TPSA) is 117 Å². The summed E-state index contributed by atoms with van der Waals surface area (Å²) in [6, 6.07) is 9.26. The molecule has 2 heterocycles. The average Bonchev–Trinajstić information content (AvgIpc) is 3.35. The van der Waals surface area contributed by atoms with E-state index in [1.165, 1.54) is 16.8 Å². The molecule has 146 valence electrons. The van der Waals surface area contributed by atoms with Crippen LogP contribution in [0, 0.1) is 10.1 Å². The summed E-state index contributed by atoms with van der Waals surface area (Å²) in [6.07, 6.45) is 3.26. The van der Waals surface area contributed by atoms with E-state index in [1.807, 2.05) is 24.6 Å². The van der Waals surface area contributed by atoms with E-state index in [4.69, 9.17) is 4.74 Å². The number of rotatable bonds is 8. The number of nitrogens with one attached hydrogen (secondary N) is 1. The third-order valence-corrected chi connectivity index (χ3v) is 4.13. The smallest absolute Gasteiger partial charge is 0.311 e. The van der Waals surface area contributed by atoms with Crippen LogP contribution in [-0.2, 0) is 13.3 Å². The highest BCUT2D eigenvalue weighted by molar-refractivity contribution is 5.92. The quantitative estimate of drug-likeness (QED) is 0.471. The number of nitro benzene ring substituents is 1. The Hall–Kier alpha value is -3.69. The number of nitro groups is 1. The number of carbonyl (C=O) groups excluding carboxylic acids is 1. The van der Waals surface area contributed by atoms with Gasteiger partial charge < -0.3 is 10.1 Å². The van der Waals surface area contributed by atoms with Crippen LogP contribution >= 0.6 is 0 Å².